The SMILES string of the molecule is Cc1noc(C)c1S(=O)(=O)N1CCCO1. The minimum absolute atomic E-state index is 0.115. The molecule has 2 rings (SSSR count). The lowest BCUT2D eigenvalue weighted by molar-refractivity contribution is -0.0285. The maximum absolute atomic E-state index is 12.0. The van der Waals surface area contributed by atoms with E-state index in [4.69, 9.17) is 9.36 Å². The van der Waals surface area contributed by atoms with Crippen molar-refractivity contribution < 1.29 is 17.8 Å². The van der Waals surface area contributed by atoms with Crippen molar-refractivity contribution in [1.29, 1.82) is 0 Å². The summed E-state index contributed by atoms with van der Waals surface area (Å²) in [5, 5.41) is 3.62. The predicted molar refractivity (Wildman–Crippen MR) is 50.4 cm³/mol. The van der Waals surface area contributed by atoms with Gasteiger partial charge in [0.25, 0.3) is 10.0 Å². The molecule has 1 aromatic heterocycles. The molecule has 0 saturated carbocycles. The van der Waals surface area contributed by atoms with Gasteiger partial charge >= 0.3 is 0 Å². The number of hydroxylamine groups is 1. The lowest BCUT2D eigenvalue weighted by Crippen LogP contribution is -2.27. The molecule has 0 N–H and O–H groups in total. The van der Waals surface area contributed by atoms with Crippen molar-refractivity contribution in [3.8, 4) is 0 Å². The number of aromatic nitrogens is 1. The molecule has 0 bridgehead atoms. The third kappa shape index (κ3) is 1.66. The highest BCUT2D eigenvalue weighted by Gasteiger charge is 2.33. The van der Waals surface area contributed by atoms with E-state index >= 15 is 0 Å². The third-order valence-electron chi connectivity index (χ3n) is 2.21. The first-order chi connectivity index (χ1) is 7.03. The van der Waals surface area contributed by atoms with Crippen LogP contribution in [0.5, 0.6) is 0 Å². The van der Waals surface area contributed by atoms with Crippen LogP contribution in [-0.4, -0.2) is 31.2 Å². The second-order valence-electron chi connectivity index (χ2n) is 3.37. The van der Waals surface area contributed by atoms with Gasteiger partial charge in [-0.15, -0.1) is 0 Å². The zero-order valence-electron chi connectivity index (χ0n) is 8.56. The molecule has 1 saturated heterocycles. The molecule has 0 unspecified atom stereocenters. The van der Waals surface area contributed by atoms with Gasteiger partial charge in [0.1, 0.15) is 10.6 Å². The highest BCUT2D eigenvalue weighted by atomic mass is 32.2. The Bertz CT molecular complexity index is 439. The number of sulfonamides is 1. The van der Waals surface area contributed by atoms with E-state index in [9.17, 15) is 8.42 Å². The molecular formula is C8H12N2O4S. The third-order valence-corrected chi connectivity index (χ3v) is 4.14. The minimum Gasteiger partial charge on any atom is -0.360 e. The van der Waals surface area contributed by atoms with Crippen LogP contribution in [0, 0.1) is 13.8 Å². The van der Waals surface area contributed by atoms with Gasteiger partial charge < -0.3 is 4.52 Å². The summed E-state index contributed by atoms with van der Waals surface area (Å²) in [6.07, 6.45) is 0.711. The highest BCUT2D eigenvalue weighted by molar-refractivity contribution is 7.89. The second kappa shape index (κ2) is 3.58. The summed E-state index contributed by atoms with van der Waals surface area (Å²) in [5.74, 6) is 0.294. The van der Waals surface area contributed by atoms with Gasteiger partial charge in [0.15, 0.2) is 5.76 Å². The summed E-state index contributed by atoms with van der Waals surface area (Å²) < 4.78 is 29.9. The first-order valence-corrected chi connectivity index (χ1v) is 6.06. The fourth-order valence-electron chi connectivity index (χ4n) is 1.56. The Kier molecular flexibility index (Phi) is 2.53. The van der Waals surface area contributed by atoms with Crippen LogP contribution in [-0.2, 0) is 14.9 Å². The van der Waals surface area contributed by atoms with E-state index in [1.54, 1.807) is 13.8 Å². The van der Waals surface area contributed by atoms with Crippen LogP contribution in [0.15, 0.2) is 9.42 Å². The van der Waals surface area contributed by atoms with Crippen LogP contribution in [0.3, 0.4) is 0 Å². The Morgan fingerprint density at radius 3 is 2.60 bits per heavy atom. The standard InChI is InChI=1S/C8H12N2O4S/c1-6-8(7(2)14-9-6)15(11,12)10-4-3-5-13-10/h3-5H2,1-2H3. The van der Waals surface area contributed by atoms with Gasteiger partial charge in [0, 0.05) is 6.54 Å². The number of hydrogen-bond donors (Lipinski definition) is 0. The van der Waals surface area contributed by atoms with Crippen molar-refractivity contribution in [2.45, 2.75) is 25.2 Å². The maximum atomic E-state index is 12.0. The summed E-state index contributed by atoms with van der Waals surface area (Å²) >= 11 is 0. The molecule has 0 spiro atoms. The Morgan fingerprint density at radius 2 is 2.13 bits per heavy atom. The van der Waals surface area contributed by atoms with Crippen molar-refractivity contribution in [3.05, 3.63) is 11.5 Å². The van der Waals surface area contributed by atoms with Crippen LogP contribution in [0.4, 0.5) is 0 Å². The molecule has 0 aromatic carbocycles. The molecule has 0 atom stereocenters. The van der Waals surface area contributed by atoms with E-state index in [1.165, 1.54) is 0 Å². The predicted octanol–water partition coefficient (Wildman–Crippen LogP) is 0.617. The molecule has 1 aliphatic rings. The van der Waals surface area contributed by atoms with Gasteiger partial charge in [0.2, 0.25) is 0 Å². The number of aryl methyl sites for hydroxylation is 2. The molecule has 0 amide bonds. The van der Waals surface area contributed by atoms with Gasteiger partial charge in [-0.2, -0.15) is 0 Å². The molecule has 0 radical (unpaired) electrons. The Balaban J connectivity index is 2.45. The number of hydrogen-bond acceptors (Lipinski definition) is 5. The fraction of sp³-hybridized carbons (Fsp3) is 0.625. The number of rotatable bonds is 2. The van der Waals surface area contributed by atoms with Gasteiger partial charge in [0.05, 0.1) is 6.61 Å². The molecule has 0 aliphatic carbocycles. The van der Waals surface area contributed by atoms with E-state index in [0.29, 0.717) is 31.0 Å². The van der Waals surface area contributed by atoms with Crippen molar-refractivity contribution in [3.63, 3.8) is 0 Å². The molecule has 2 heterocycles. The van der Waals surface area contributed by atoms with Crippen molar-refractivity contribution in [1.82, 2.24) is 9.63 Å². The average molecular weight is 232 g/mol. The van der Waals surface area contributed by atoms with E-state index in [1.807, 2.05) is 0 Å². The zero-order valence-corrected chi connectivity index (χ0v) is 9.37. The first kappa shape index (κ1) is 10.6. The van der Waals surface area contributed by atoms with Crippen molar-refractivity contribution in [2.24, 2.45) is 0 Å². The van der Waals surface area contributed by atoms with E-state index in [2.05, 4.69) is 5.16 Å². The zero-order chi connectivity index (χ0) is 11.1. The fourth-order valence-corrected chi connectivity index (χ4v) is 3.16. The Morgan fingerprint density at radius 1 is 1.40 bits per heavy atom. The van der Waals surface area contributed by atoms with E-state index < -0.39 is 10.0 Å². The van der Waals surface area contributed by atoms with Crippen LogP contribution < -0.4 is 0 Å². The topological polar surface area (TPSA) is 72.6 Å². The summed E-state index contributed by atoms with van der Waals surface area (Å²) in [6, 6.07) is 0. The van der Waals surface area contributed by atoms with E-state index in [0.717, 1.165) is 4.47 Å². The Labute approximate surface area is 87.8 Å². The second-order valence-corrected chi connectivity index (χ2v) is 5.14. The van der Waals surface area contributed by atoms with Gasteiger partial charge in [-0.05, 0) is 20.3 Å². The lowest BCUT2D eigenvalue weighted by atomic mass is 10.4. The first-order valence-electron chi connectivity index (χ1n) is 4.62. The molecule has 15 heavy (non-hydrogen) atoms. The summed E-state index contributed by atoms with van der Waals surface area (Å²) in [6.45, 7) is 3.98. The van der Waals surface area contributed by atoms with Crippen molar-refractivity contribution in [2.75, 3.05) is 13.2 Å². The molecule has 1 aromatic rings. The van der Waals surface area contributed by atoms with Gasteiger partial charge in [-0.25, -0.2) is 8.42 Å². The van der Waals surface area contributed by atoms with Crippen LogP contribution in [0.1, 0.15) is 17.9 Å². The van der Waals surface area contributed by atoms with Crippen LogP contribution in [0.25, 0.3) is 0 Å². The van der Waals surface area contributed by atoms with Gasteiger partial charge in [-0.3, -0.25) is 4.84 Å². The molecular weight excluding hydrogens is 220 g/mol. The normalized spacial score (nSPS) is 18.5. The highest BCUT2D eigenvalue weighted by Crippen LogP contribution is 2.25. The van der Waals surface area contributed by atoms with Gasteiger partial charge in [-0.1, -0.05) is 9.63 Å². The molecule has 1 fully saturated rings. The molecule has 7 heteroatoms. The largest absolute Gasteiger partial charge is 0.360 e. The lowest BCUT2D eigenvalue weighted by Gasteiger charge is -2.13. The average Bonchev–Trinajstić information content (AvgIpc) is 2.75. The molecule has 1 aliphatic heterocycles. The van der Waals surface area contributed by atoms with E-state index in [-0.39, 0.29) is 4.90 Å². The summed E-state index contributed by atoms with van der Waals surface area (Å²) in [5.41, 5.74) is 0.364. The number of nitrogens with zero attached hydrogens (tertiary/aromatic N) is 2. The maximum Gasteiger partial charge on any atom is 0.270 e. The summed E-state index contributed by atoms with van der Waals surface area (Å²) in [7, 11) is -3.60. The Hall–Kier alpha value is -0.920. The molecule has 6 nitrogen and oxygen atoms in total. The minimum atomic E-state index is -3.60. The van der Waals surface area contributed by atoms with Crippen LogP contribution in [0.2, 0.25) is 0 Å². The smallest absolute Gasteiger partial charge is 0.270 e. The summed E-state index contributed by atoms with van der Waals surface area (Å²) in [4.78, 5) is 5.14. The molecule has 84 valence electrons. The monoisotopic (exact) mass is 232 g/mol. The quantitative estimate of drug-likeness (QED) is 0.747. The van der Waals surface area contributed by atoms with Crippen molar-refractivity contribution >= 4 is 10.0 Å². The van der Waals surface area contributed by atoms with Crippen LogP contribution >= 0.6 is 0 Å².